The molecule has 0 bridgehead atoms. The van der Waals surface area contributed by atoms with Crippen molar-refractivity contribution < 1.29 is 9.90 Å². The number of aromatic amines is 1. The molecule has 0 fully saturated rings. The fourth-order valence-corrected chi connectivity index (χ4v) is 2.83. The third-order valence-corrected chi connectivity index (χ3v) is 3.75. The minimum absolute atomic E-state index is 0.0686. The van der Waals surface area contributed by atoms with Gasteiger partial charge in [-0.3, -0.25) is 9.59 Å². The number of carboxylic acids is 1. The number of H-pyrrole nitrogens is 1. The van der Waals surface area contributed by atoms with Gasteiger partial charge in [-0.2, -0.15) is 0 Å². The van der Waals surface area contributed by atoms with Crippen LogP contribution < -0.4 is 5.56 Å². The molecule has 5 heteroatoms. The monoisotopic (exact) mass is 331 g/mol. The molecule has 0 atom stereocenters. The number of aliphatic carboxylic acids is 1. The van der Waals surface area contributed by atoms with Gasteiger partial charge in [-0.05, 0) is 46.0 Å². The molecule has 0 aliphatic heterocycles. The van der Waals surface area contributed by atoms with E-state index in [4.69, 9.17) is 5.11 Å². The quantitative estimate of drug-likeness (QED) is 0.709. The number of fused-ring (bicyclic) bond motifs is 3. The lowest BCUT2D eigenvalue weighted by Crippen LogP contribution is -2.07. The molecule has 0 amide bonds. The molecule has 1 aromatic heterocycles. The number of nitrogens with one attached hydrogen (secondary N) is 1. The Labute approximate surface area is 122 Å². The summed E-state index contributed by atoms with van der Waals surface area (Å²) in [4.78, 5) is 25.7. The SMILES string of the molecule is O=C(O)Cc1cc2cc[nH]c(=O)c2c2cc(Br)ccc12. The number of pyridine rings is 1. The van der Waals surface area contributed by atoms with Crippen molar-refractivity contribution >= 4 is 43.4 Å². The molecule has 0 saturated carbocycles. The Hall–Kier alpha value is -2.14. The molecule has 20 heavy (non-hydrogen) atoms. The number of hydrogen-bond donors (Lipinski definition) is 2. The molecule has 0 saturated heterocycles. The van der Waals surface area contributed by atoms with Crippen LogP contribution in [0.15, 0.2) is 45.8 Å². The molecule has 2 N–H and O–H groups in total. The smallest absolute Gasteiger partial charge is 0.307 e. The molecule has 2 aromatic carbocycles. The number of benzene rings is 2. The van der Waals surface area contributed by atoms with Gasteiger partial charge in [-0.15, -0.1) is 0 Å². The number of carbonyl (C=O) groups is 1. The summed E-state index contributed by atoms with van der Waals surface area (Å²) in [6.45, 7) is 0. The third kappa shape index (κ3) is 2.10. The first-order valence-electron chi connectivity index (χ1n) is 6.00. The van der Waals surface area contributed by atoms with Crippen molar-refractivity contribution in [1.29, 1.82) is 0 Å². The molecular weight excluding hydrogens is 322 g/mol. The van der Waals surface area contributed by atoms with Gasteiger partial charge in [0.2, 0.25) is 0 Å². The summed E-state index contributed by atoms with van der Waals surface area (Å²) in [6, 6.07) is 9.08. The Morgan fingerprint density at radius 1 is 1.20 bits per heavy atom. The second-order valence-electron chi connectivity index (χ2n) is 4.57. The molecule has 100 valence electrons. The summed E-state index contributed by atoms with van der Waals surface area (Å²) < 4.78 is 0.849. The minimum atomic E-state index is -0.890. The zero-order valence-corrected chi connectivity index (χ0v) is 11.9. The van der Waals surface area contributed by atoms with E-state index in [1.165, 1.54) is 0 Å². The number of carboxylic acid groups (broad SMARTS) is 1. The van der Waals surface area contributed by atoms with Crippen molar-refractivity contribution in [3.63, 3.8) is 0 Å². The highest BCUT2D eigenvalue weighted by Crippen LogP contribution is 2.29. The molecule has 3 rings (SSSR count). The van der Waals surface area contributed by atoms with Gasteiger partial charge >= 0.3 is 5.97 Å². The van der Waals surface area contributed by atoms with E-state index in [-0.39, 0.29) is 12.0 Å². The van der Waals surface area contributed by atoms with Crippen LogP contribution in [-0.2, 0) is 11.2 Å². The van der Waals surface area contributed by atoms with Crippen LogP contribution in [0.2, 0.25) is 0 Å². The van der Waals surface area contributed by atoms with E-state index in [9.17, 15) is 9.59 Å². The maximum atomic E-state index is 12.1. The van der Waals surface area contributed by atoms with E-state index in [2.05, 4.69) is 20.9 Å². The van der Waals surface area contributed by atoms with E-state index < -0.39 is 5.97 Å². The number of hydrogen-bond acceptors (Lipinski definition) is 2. The number of aromatic nitrogens is 1. The summed E-state index contributed by atoms with van der Waals surface area (Å²) in [5.41, 5.74) is 0.533. The van der Waals surface area contributed by atoms with Crippen LogP contribution in [0.5, 0.6) is 0 Å². The summed E-state index contributed by atoms with van der Waals surface area (Å²) in [7, 11) is 0. The normalized spacial score (nSPS) is 11.1. The van der Waals surface area contributed by atoms with E-state index in [1.807, 2.05) is 18.2 Å². The summed E-state index contributed by atoms with van der Waals surface area (Å²) in [5.74, 6) is -0.890. The highest BCUT2D eigenvalue weighted by atomic mass is 79.9. The van der Waals surface area contributed by atoms with Crippen molar-refractivity contribution in [2.24, 2.45) is 0 Å². The zero-order valence-electron chi connectivity index (χ0n) is 10.3. The predicted molar refractivity (Wildman–Crippen MR) is 81.1 cm³/mol. The fraction of sp³-hybridized carbons (Fsp3) is 0.0667. The van der Waals surface area contributed by atoms with Crippen molar-refractivity contribution in [1.82, 2.24) is 4.98 Å². The molecule has 0 aliphatic carbocycles. The van der Waals surface area contributed by atoms with E-state index in [0.717, 1.165) is 20.6 Å². The summed E-state index contributed by atoms with van der Waals surface area (Å²) in [6.07, 6.45) is 1.50. The second-order valence-corrected chi connectivity index (χ2v) is 5.48. The summed E-state index contributed by atoms with van der Waals surface area (Å²) >= 11 is 3.39. The van der Waals surface area contributed by atoms with Crippen LogP contribution in [0, 0.1) is 0 Å². The largest absolute Gasteiger partial charge is 0.481 e. The van der Waals surface area contributed by atoms with Gasteiger partial charge in [0.05, 0.1) is 11.8 Å². The van der Waals surface area contributed by atoms with Gasteiger partial charge in [-0.25, -0.2) is 0 Å². The van der Waals surface area contributed by atoms with Crippen LogP contribution in [0.1, 0.15) is 5.56 Å². The predicted octanol–water partition coefficient (Wildman–Crippen LogP) is 3.07. The first-order valence-corrected chi connectivity index (χ1v) is 6.80. The van der Waals surface area contributed by atoms with Crippen molar-refractivity contribution in [3.05, 3.63) is 56.9 Å². The molecule has 1 heterocycles. The zero-order chi connectivity index (χ0) is 14.3. The Balaban J connectivity index is 2.52. The van der Waals surface area contributed by atoms with Gasteiger partial charge in [0.1, 0.15) is 0 Å². The third-order valence-electron chi connectivity index (χ3n) is 3.26. The molecule has 0 radical (unpaired) electrons. The van der Waals surface area contributed by atoms with Crippen LogP contribution in [0.3, 0.4) is 0 Å². The van der Waals surface area contributed by atoms with Gasteiger partial charge in [0.15, 0.2) is 0 Å². The standard InChI is InChI=1S/C15H10BrNO3/c16-10-1-2-11-9(6-13(18)19)5-8-3-4-17-15(20)14(8)12(11)7-10/h1-5,7H,6H2,(H,17,20)(H,18,19). The highest BCUT2D eigenvalue weighted by Gasteiger charge is 2.11. The molecule has 0 spiro atoms. The first-order chi connectivity index (χ1) is 9.56. The average molecular weight is 332 g/mol. The van der Waals surface area contributed by atoms with Gasteiger partial charge < -0.3 is 10.1 Å². The van der Waals surface area contributed by atoms with Crippen LogP contribution in [0.25, 0.3) is 21.5 Å². The summed E-state index contributed by atoms with van der Waals surface area (Å²) in [5, 5.41) is 11.9. The van der Waals surface area contributed by atoms with Gasteiger partial charge in [-0.1, -0.05) is 22.0 Å². The maximum absolute atomic E-state index is 12.1. The lowest BCUT2D eigenvalue weighted by Gasteiger charge is -2.09. The number of rotatable bonds is 2. The van der Waals surface area contributed by atoms with E-state index in [0.29, 0.717) is 10.9 Å². The van der Waals surface area contributed by atoms with Crippen LogP contribution >= 0.6 is 15.9 Å². The molecular formula is C15H10BrNO3. The molecule has 0 unspecified atom stereocenters. The first kappa shape index (κ1) is 12.9. The fourth-order valence-electron chi connectivity index (χ4n) is 2.47. The van der Waals surface area contributed by atoms with Crippen LogP contribution in [-0.4, -0.2) is 16.1 Å². The molecule has 4 nitrogen and oxygen atoms in total. The Bertz CT molecular complexity index is 899. The lowest BCUT2D eigenvalue weighted by atomic mass is 9.97. The topological polar surface area (TPSA) is 70.2 Å². The van der Waals surface area contributed by atoms with Gasteiger partial charge in [0.25, 0.3) is 5.56 Å². The molecule has 3 aromatic rings. The Morgan fingerprint density at radius 2 is 2.00 bits per heavy atom. The highest BCUT2D eigenvalue weighted by molar-refractivity contribution is 9.10. The number of halogens is 1. The average Bonchev–Trinajstić information content (AvgIpc) is 2.37. The van der Waals surface area contributed by atoms with Crippen molar-refractivity contribution in [2.75, 3.05) is 0 Å². The Kier molecular flexibility index (Phi) is 3.06. The van der Waals surface area contributed by atoms with Gasteiger partial charge in [0, 0.05) is 10.7 Å². The lowest BCUT2D eigenvalue weighted by molar-refractivity contribution is -0.136. The van der Waals surface area contributed by atoms with Crippen molar-refractivity contribution in [2.45, 2.75) is 6.42 Å². The van der Waals surface area contributed by atoms with E-state index >= 15 is 0 Å². The minimum Gasteiger partial charge on any atom is -0.481 e. The second kappa shape index (κ2) is 4.76. The van der Waals surface area contributed by atoms with E-state index in [1.54, 1.807) is 18.3 Å². The maximum Gasteiger partial charge on any atom is 0.307 e. The Morgan fingerprint density at radius 3 is 2.75 bits per heavy atom. The molecule has 0 aliphatic rings. The van der Waals surface area contributed by atoms with Crippen LogP contribution in [0.4, 0.5) is 0 Å². The van der Waals surface area contributed by atoms with Crippen molar-refractivity contribution in [3.8, 4) is 0 Å².